The van der Waals surface area contributed by atoms with Crippen LogP contribution in [0.4, 0.5) is 0 Å². The first-order valence-corrected chi connectivity index (χ1v) is 5.99. The van der Waals surface area contributed by atoms with Gasteiger partial charge in [-0.15, -0.1) is 0 Å². The van der Waals surface area contributed by atoms with Gasteiger partial charge >= 0.3 is 0 Å². The van der Waals surface area contributed by atoms with Gasteiger partial charge in [0, 0.05) is 20.2 Å². The maximum atomic E-state index is 12.4. The van der Waals surface area contributed by atoms with Gasteiger partial charge in [-0.2, -0.15) is 5.26 Å². The smallest absolute Gasteiger partial charge is 0.247 e. The van der Waals surface area contributed by atoms with Gasteiger partial charge in [0.25, 0.3) is 0 Å². The summed E-state index contributed by atoms with van der Waals surface area (Å²) < 4.78 is 4.98. The van der Waals surface area contributed by atoms with Gasteiger partial charge < -0.3 is 9.64 Å². The van der Waals surface area contributed by atoms with Gasteiger partial charge in [0.1, 0.15) is 0 Å². The zero-order chi connectivity index (χ0) is 13.0. The van der Waals surface area contributed by atoms with Crippen LogP contribution in [-0.2, 0) is 14.9 Å². The summed E-state index contributed by atoms with van der Waals surface area (Å²) in [6, 6.07) is 11.5. The molecule has 4 nitrogen and oxygen atoms in total. The summed E-state index contributed by atoms with van der Waals surface area (Å²) in [6.45, 7) is 1.66. The van der Waals surface area contributed by atoms with Crippen molar-refractivity contribution in [3.8, 4) is 6.07 Å². The van der Waals surface area contributed by atoms with E-state index in [1.54, 1.807) is 12.0 Å². The van der Waals surface area contributed by atoms with E-state index in [4.69, 9.17) is 4.74 Å². The van der Waals surface area contributed by atoms with Gasteiger partial charge in [0.15, 0.2) is 5.41 Å². The molecule has 94 valence electrons. The largest absolute Gasteiger partial charge is 0.383 e. The summed E-state index contributed by atoms with van der Waals surface area (Å²) in [5.41, 5.74) is -0.216. The average Bonchev–Trinajstić information content (AvgIpc) is 2.75. The van der Waals surface area contributed by atoms with Crippen LogP contribution < -0.4 is 0 Å². The molecule has 0 aliphatic carbocycles. The van der Waals surface area contributed by atoms with Crippen LogP contribution in [0.15, 0.2) is 30.3 Å². The third-order valence-corrected chi connectivity index (χ3v) is 3.43. The van der Waals surface area contributed by atoms with Crippen molar-refractivity contribution >= 4 is 5.91 Å². The number of nitriles is 1. The molecular formula is C14H16N2O2. The predicted molar refractivity (Wildman–Crippen MR) is 66.8 cm³/mol. The number of hydrogen-bond donors (Lipinski definition) is 0. The molecule has 1 amide bonds. The number of ether oxygens (including phenoxy) is 1. The van der Waals surface area contributed by atoms with E-state index in [9.17, 15) is 10.1 Å². The van der Waals surface area contributed by atoms with Gasteiger partial charge in [-0.25, -0.2) is 0 Å². The van der Waals surface area contributed by atoms with Crippen molar-refractivity contribution in [2.45, 2.75) is 11.8 Å². The van der Waals surface area contributed by atoms with Crippen molar-refractivity contribution in [3.05, 3.63) is 35.9 Å². The lowest BCUT2D eigenvalue weighted by Crippen LogP contribution is -2.38. The van der Waals surface area contributed by atoms with E-state index >= 15 is 0 Å². The van der Waals surface area contributed by atoms with Crippen molar-refractivity contribution in [1.29, 1.82) is 5.26 Å². The predicted octanol–water partition coefficient (Wildman–Crippen LogP) is 1.33. The van der Waals surface area contributed by atoms with E-state index in [-0.39, 0.29) is 5.91 Å². The standard InChI is InChI=1S/C14H16N2O2/c1-18-10-9-16-8-7-14(11-15,13(16)17)12-5-3-2-4-6-12/h2-6H,7-10H2,1H3. The monoisotopic (exact) mass is 244 g/mol. The molecule has 1 aliphatic heterocycles. The molecule has 0 spiro atoms. The highest BCUT2D eigenvalue weighted by molar-refractivity contribution is 5.93. The number of amides is 1. The highest BCUT2D eigenvalue weighted by Gasteiger charge is 2.48. The molecule has 4 heteroatoms. The SMILES string of the molecule is COCCN1CCC(C#N)(c2ccccc2)C1=O. The molecule has 1 aromatic rings. The number of nitrogens with zero attached hydrogens (tertiary/aromatic N) is 2. The summed E-state index contributed by atoms with van der Waals surface area (Å²) in [6.07, 6.45) is 0.552. The Morgan fingerprint density at radius 3 is 2.78 bits per heavy atom. The molecule has 1 unspecified atom stereocenters. The Morgan fingerprint density at radius 1 is 1.44 bits per heavy atom. The fourth-order valence-electron chi connectivity index (χ4n) is 2.35. The van der Waals surface area contributed by atoms with Crippen LogP contribution in [0.3, 0.4) is 0 Å². The first-order valence-electron chi connectivity index (χ1n) is 5.99. The molecular weight excluding hydrogens is 228 g/mol. The van der Waals surface area contributed by atoms with Crippen molar-refractivity contribution in [1.82, 2.24) is 4.90 Å². The zero-order valence-corrected chi connectivity index (χ0v) is 10.4. The third kappa shape index (κ3) is 1.98. The van der Waals surface area contributed by atoms with E-state index in [1.165, 1.54) is 0 Å². The highest BCUT2D eigenvalue weighted by atomic mass is 16.5. The first kappa shape index (κ1) is 12.6. The molecule has 1 aliphatic rings. The number of hydrogen-bond acceptors (Lipinski definition) is 3. The lowest BCUT2D eigenvalue weighted by Gasteiger charge is -2.21. The Morgan fingerprint density at radius 2 is 2.17 bits per heavy atom. The first-order chi connectivity index (χ1) is 8.74. The topological polar surface area (TPSA) is 53.3 Å². The van der Waals surface area contributed by atoms with Gasteiger partial charge in [-0.05, 0) is 12.0 Å². The minimum atomic E-state index is -1.00. The van der Waals surface area contributed by atoms with Gasteiger partial charge in [0.05, 0.1) is 12.7 Å². The average molecular weight is 244 g/mol. The number of likely N-dealkylation sites (tertiary alicyclic amines) is 1. The van der Waals surface area contributed by atoms with Crippen LogP contribution in [-0.4, -0.2) is 37.6 Å². The van der Waals surface area contributed by atoms with Gasteiger partial charge in [-0.3, -0.25) is 4.79 Å². The van der Waals surface area contributed by atoms with Crippen LogP contribution in [0.2, 0.25) is 0 Å². The minimum absolute atomic E-state index is 0.103. The fraction of sp³-hybridized carbons (Fsp3) is 0.429. The Labute approximate surface area is 107 Å². The van der Waals surface area contributed by atoms with Crippen molar-refractivity contribution in [2.75, 3.05) is 26.8 Å². The molecule has 2 rings (SSSR count). The molecule has 1 fully saturated rings. The van der Waals surface area contributed by atoms with E-state index in [0.717, 1.165) is 5.56 Å². The second kappa shape index (κ2) is 5.19. The summed E-state index contributed by atoms with van der Waals surface area (Å²) in [5.74, 6) is -0.103. The minimum Gasteiger partial charge on any atom is -0.383 e. The lowest BCUT2D eigenvalue weighted by atomic mass is 9.80. The number of methoxy groups -OCH3 is 1. The van der Waals surface area contributed by atoms with Crippen molar-refractivity contribution < 1.29 is 9.53 Å². The molecule has 0 bridgehead atoms. The number of rotatable bonds is 4. The van der Waals surface area contributed by atoms with Crippen molar-refractivity contribution in [2.24, 2.45) is 0 Å². The molecule has 0 saturated carbocycles. The molecule has 18 heavy (non-hydrogen) atoms. The molecule has 1 saturated heterocycles. The second-order valence-corrected chi connectivity index (χ2v) is 4.42. The normalized spacial score (nSPS) is 23.1. The number of carbonyl (C=O) groups excluding carboxylic acids is 1. The van der Waals surface area contributed by atoms with E-state index in [2.05, 4.69) is 6.07 Å². The van der Waals surface area contributed by atoms with Crippen LogP contribution in [0.5, 0.6) is 0 Å². The van der Waals surface area contributed by atoms with Crippen LogP contribution in [0.25, 0.3) is 0 Å². The maximum absolute atomic E-state index is 12.4. The lowest BCUT2D eigenvalue weighted by molar-refractivity contribution is -0.131. The summed E-state index contributed by atoms with van der Waals surface area (Å²) >= 11 is 0. The quantitative estimate of drug-likeness (QED) is 0.802. The molecule has 0 radical (unpaired) electrons. The number of benzene rings is 1. The van der Waals surface area contributed by atoms with Gasteiger partial charge in [0.2, 0.25) is 5.91 Å². The summed E-state index contributed by atoms with van der Waals surface area (Å²) in [5, 5.41) is 9.45. The third-order valence-electron chi connectivity index (χ3n) is 3.43. The van der Waals surface area contributed by atoms with E-state index < -0.39 is 5.41 Å². The Balaban J connectivity index is 2.26. The molecule has 1 heterocycles. The zero-order valence-electron chi connectivity index (χ0n) is 10.4. The van der Waals surface area contributed by atoms with E-state index in [0.29, 0.717) is 26.1 Å². The summed E-state index contributed by atoms with van der Waals surface area (Å²) in [4.78, 5) is 14.1. The highest BCUT2D eigenvalue weighted by Crippen LogP contribution is 2.35. The fourth-order valence-corrected chi connectivity index (χ4v) is 2.35. The maximum Gasteiger partial charge on any atom is 0.247 e. The second-order valence-electron chi connectivity index (χ2n) is 4.42. The summed E-state index contributed by atoms with van der Waals surface area (Å²) in [7, 11) is 1.61. The van der Waals surface area contributed by atoms with Crippen LogP contribution in [0.1, 0.15) is 12.0 Å². The molecule has 0 N–H and O–H groups in total. The molecule has 0 aromatic heterocycles. The Hall–Kier alpha value is -1.86. The van der Waals surface area contributed by atoms with Gasteiger partial charge in [-0.1, -0.05) is 30.3 Å². The van der Waals surface area contributed by atoms with E-state index in [1.807, 2.05) is 30.3 Å². The molecule has 1 atom stereocenters. The van der Waals surface area contributed by atoms with Crippen molar-refractivity contribution in [3.63, 3.8) is 0 Å². The van der Waals surface area contributed by atoms with Crippen LogP contribution >= 0.6 is 0 Å². The Kier molecular flexibility index (Phi) is 3.63. The van der Waals surface area contributed by atoms with Crippen LogP contribution in [0, 0.1) is 11.3 Å². The Bertz CT molecular complexity index is 466. The molecule has 1 aromatic carbocycles. The number of carbonyl (C=O) groups is 1.